The van der Waals surface area contributed by atoms with Gasteiger partial charge in [-0.2, -0.15) is 0 Å². The Hall–Kier alpha value is -1.33. The van der Waals surface area contributed by atoms with Gasteiger partial charge in [-0.1, -0.05) is 34.4 Å². The predicted octanol–water partition coefficient (Wildman–Crippen LogP) is 4.87. The molecule has 3 nitrogen and oxygen atoms in total. The van der Waals surface area contributed by atoms with Crippen LogP contribution in [0.15, 0.2) is 40.2 Å². The van der Waals surface area contributed by atoms with E-state index >= 15 is 0 Å². The monoisotopic (exact) mass is 325 g/mol. The predicted molar refractivity (Wildman–Crippen MR) is 81.2 cm³/mol. The van der Waals surface area contributed by atoms with Crippen molar-refractivity contribution in [2.45, 2.75) is 6.61 Å². The lowest BCUT2D eigenvalue weighted by atomic mass is 10.1. The molecule has 3 aromatic rings. The summed E-state index contributed by atoms with van der Waals surface area (Å²) in [5.74, 6) is 0.486. The Morgan fingerprint density at radius 1 is 1.20 bits per heavy atom. The Labute approximate surface area is 129 Å². The number of nitrogens with zero attached hydrogens (tertiary/aromatic N) is 1. The van der Waals surface area contributed by atoms with Crippen LogP contribution in [0.25, 0.3) is 21.9 Å². The fourth-order valence-electron chi connectivity index (χ4n) is 1.97. The van der Waals surface area contributed by atoms with Crippen LogP contribution in [0.4, 0.5) is 0 Å². The molecule has 2 aromatic heterocycles. The molecule has 0 atom stereocenters. The first-order valence-corrected chi connectivity index (χ1v) is 7.42. The zero-order chi connectivity index (χ0) is 14.1. The van der Waals surface area contributed by atoms with E-state index in [1.54, 1.807) is 18.2 Å². The number of hydrogen-bond donors (Lipinski definition) is 1. The molecule has 0 spiro atoms. The quantitative estimate of drug-likeness (QED) is 0.747. The molecule has 0 saturated carbocycles. The van der Waals surface area contributed by atoms with E-state index in [1.165, 1.54) is 11.3 Å². The summed E-state index contributed by atoms with van der Waals surface area (Å²) in [5.41, 5.74) is 1.97. The molecule has 0 saturated heterocycles. The summed E-state index contributed by atoms with van der Waals surface area (Å²) < 4.78 is 5.39. The van der Waals surface area contributed by atoms with E-state index in [-0.39, 0.29) is 6.61 Å². The van der Waals surface area contributed by atoms with Gasteiger partial charge in [-0.15, -0.1) is 11.3 Å². The molecule has 3 rings (SSSR count). The lowest BCUT2D eigenvalue weighted by Crippen LogP contribution is -1.88. The number of benzene rings is 1. The Bertz CT molecular complexity index is 717. The number of aromatic nitrogens is 1. The Kier molecular flexibility index (Phi) is 3.81. The van der Waals surface area contributed by atoms with Crippen molar-refractivity contribution in [2.75, 3.05) is 0 Å². The highest BCUT2D eigenvalue weighted by Crippen LogP contribution is 2.36. The van der Waals surface area contributed by atoms with Crippen LogP contribution in [0.5, 0.6) is 0 Å². The molecule has 1 N–H and O–H groups in total. The summed E-state index contributed by atoms with van der Waals surface area (Å²) in [5, 5.41) is 16.6. The Morgan fingerprint density at radius 3 is 2.55 bits per heavy atom. The van der Waals surface area contributed by atoms with Crippen molar-refractivity contribution < 1.29 is 9.63 Å². The van der Waals surface area contributed by atoms with Crippen molar-refractivity contribution in [3.8, 4) is 21.9 Å². The molecule has 6 heteroatoms. The van der Waals surface area contributed by atoms with Crippen molar-refractivity contribution in [3.05, 3.63) is 51.3 Å². The molecule has 0 amide bonds. The van der Waals surface area contributed by atoms with Crippen LogP contribution in [0.1, 0.15) is 5.56 Å². The van der Waals surface area contributed by atoms with Gasteiger partial charge in [-0.05, 0) is 29.6 Å². The van der Waals surface area contributed by atoms with Crippen molar-refractivity contribution >= 4 is 34.5 Å². The number of aliphatic hydroxyl groups is 1. The molecule has 20 heavy (non-hydrogen) atoms. The fraction of sp³-hybridized carbons (Fsp3) is 0.0714. The van der Waals surface area contributed by atoms with Crippen LogP contribution in [0.2, 0.25) is 10.0 Å². The van der Waals surface area contributed by atoms with E-state index in [9.17, 15) is 5.11 Å². The first-order chi connectivity index (χ1) is 9.69. The first kappa shape index (κ1) is 13.6. The maximum atomic E-state index is 9.63. The molecule has 0 aliphatic carbocycles. The summed E-state index contributed by atoms with van der Waals surface area (Å²) in [6.07, 6.45) is 0. The average Bonchev–Trinajstić information content (AvgIpc) is 3.06. The molecule has 0 unspecified atom stereocenters. The second kappa shape index (κ2) is 5.58. The normalized spacial score (nSPS) is 10.9. The maximum absolute atomic E-state index is 9.63. The highest BCUT2D eigenvalue weighted by molar-refractivity contribution is 7.13. The molecule has 0 radical (unpaired) electrons. The smallest absolute Gasteiger partial charge is 0.173 e. The largest absolute Gasteiger partial charge is 0.391 e. The van der Waals surface area contributed by atoms with E-state index in [2.05, 4.69) is 5.16 Å². The average molecular weight is 326 g/mol. The van der Waals surface area contributed by atoms with Gasteiger partial charge in [0.25, 0.3) is 0 Å². The van der Waals surface area contributed by atoms with Crippen LogP contribution >= 0.6 is 34.5 Å². The van der Waals surface area contributed by atoms with Gasteiger partial charge in [0.05, 0.1) is 17.0 Å². The lowest BCUT2D eigenvalue weighted by Gasteiger charge is -2.02. The van der Waals surface area contributed by atoms with E-state index in [0.717, 1.165) is 4.88 Å². The molecule has 102 valence electrons. The molecule has 2 heterocycles. The molecule has 0 aliphatic rings. The highest BCUT2D eigenvalue weighted by atomic mass is 35.5. The minimum absolute atomic E-state index is 0.170. The van der Waals surface area contributed by atoms with Crippen LogP contribution in [0.3, 0.4) is 0 Å². The number of aliphatic hydroxyl groups excluding tert-OH is 1. The van der Waals surface area contributed by atoms with Crippen molar-refractivity contribution in [1.29, 1.82) is 0 Å². The standard InChI is InChI=1S/C14H9Cl2NO2S/c15-9-4-8(5-10(16)6-9)14-11(7-18)13(17-19-14)12-2-1-3-20-12/h1-6,18H,7H2. The van der Waals surface area contributed by atoms with Crippen molar-refractivity contribution in [3.63, 3.8) is 0 Å². The van der Waals surface area contributed by atoms with Gasteiger partial charge < -0.3 is 9.63 Å². The van der Waals surface area contributed by atoms with Gasteiger partial charge in [0.15, 0.2) is 5.76 Å². The number of rotatable bonds is 3. The second-order valence-electron chi connectivity index (χ2n) is 4.13. The third kappa shape index (κ3) is 2.47. The van der Waals surface area contributed by atoms with Gasteiger partial charge in [0.2, 0.25) is 0 Å². The van der Waals surface area contributed by atoms with E-state index in [4.69, 9.17) is 27.7 Å². The molecule has 0 aliphatic heterocycles. The number of hydrogen-bond acceptors (Lipinski definition) is 4. The molecular formula is C14H9Cl2NO2S. The minimum Gasteiger partial charge on any atom is -0.391 e. The van der Waals surface area contributed by atoms with E-state index < -0.39 is 0 Å². The van der Waals surface area contributed by atoms with Gasteiger partial charge in [0, 0.05) is 15.6 Å². The topological polar surface area (TPSA) is 46.3 Å². The maximum Gasteiger partial charge on any atom is 0.173 e. The van der Waals surface area contributed by atoms with Gasteiger partial charge in [-0.3, -0.25) is 0 Å². The third-order valence-electron chi connectivity index (χ3n) is 2.83. The summed E-state index contributed by atoms with van der Waals surface area (Å²) in [7, 11) is 0. The van der Waals surface area contributed by atoms with Crippen LogP contribution in [-0.2, 0) is 6.61 Å². The number of thiophene rings is 1. The summed E-state index contributed by atoms with van der Waals surface area (Å²) in [4.78, 5) is 0.942. The van der Waals surface area contributed by atoms with Crippen molar-refractivity contribution in [1.82, 2.24) is 5.16 Å². The van der Waals surface area contributed by atoms with Gasteiger partial charge >= 0.3 is 0 Å². The zero-order valence-corrected chi connectivity index (χ0v) is 12.5. The Balaban J connectivity index is 2.15. The molecule has 0 fully saturated rings. The van der Waals surface area contributed by atoms with Gasteiger partial charge in [0.1, 0.15) is 5.69 Å². The summed E-state index contributed by atoms with van der Waals surface area (Å²) in [6.45, 7) is -0.170. The van der Waals surface area contributed by atoms with Crippen LogP contribution < -0.4 is 0 Å². The molecule has 0 bridgehead atoms. The molecular weight excluding hydrogens is 317 g/mol. The van der Waals surface area contributed by atoms with Gasteiger partial charge in [-0.25, -0.2) is 0 Å². The minimum atomic E-state index is -0.170. The SMILES string of the molecule is OCc1c(-c2cccs2)noc1-c1cc(Cl)cc(Cl)c1. The zero-order valence-electron chi connectivity index (χ0n) is 10.1. The summed E-state index contributed by atoms with van der Waals surface area (Å²) in [6, 6.07) is 8.95. The summed E-state index contributed by atoms with van der Waals surface area (Å²) >= 11 is 13.5. The molecule has 1 aromatic carbocycles. The highest BCUT2D eigenvalue weighted by Gasteiger charge is 2.19. The van der Waals surface area contributed by atoms with E-state index in [0.29, 0.717) is 32.6 Å². The Morgan fingerprint density at radius 2 is 1.95 bits per heavy atom. The number of halogens is 2. The van der Waals surface area contributed by atoms with E-state index in [1.807, 2.05) is 17.5 Å². The van der Waals surface area contributed by atoms with Crippen molar-refractivity contribution in [2.24, 2.45) is 0 Å². The van der Waals surface area contributed by atoms with Crippen LogP contribution in [0, 0.1) is 0 Å². The fourth-order valence-corrected chi connectivity index (χ4v) is 3.23. The first-order valence-electron chi connectivity index (χ1n) is 5.79. The van der Waals surface area contributed by atoms with Crippen LogP contribution in [-0.4, -0.2) is 10.3 Å². The third-order valence-corrected chi connectivity index (χ3v) is 4.14. The second-order valence-corrected chi connectivity index (χ2v) is 5.95. The lowest BCUT2D eigenvalue weighted by molar-refractivity contribution is 0.281.